The molecule has 0 aromatic rings. The molecule has 0 aliphatic rings. The smallest absolute Gasteiger partial charge is 0.377 e. The second kappa shape index (κ2) is 22.0. The molecule has 0 bridgehead atoms. The van der Waals surface area contributed by atoms with Gasteiger partial charge >= 0.3 is 35.2 Å². The van der Waals surface area contributed by atoms with E-state index in [-0.39, 0.29) is 0 Å². The van der Waals surface area contributed by atoms with E-state index in [4.69, 9.17) is 48.4 Å². The van der Waals surface area contributed by atoms with E-state index in [1.807, 2.05) is 0 Å². The molecule has 0 saturated heterocycles. The summed E-state index contributed by atoms with van der Waals surface area (Å²) in [7, 11) is 5.26. The van der Waals surface area contributed by atoms with Crippen LogP contribution in [0.2, 0.25) is 24.2 Å². The zero-order valence-electron chi connectivity index (χ0n) is 26.0. The molecular formula is C22H56N2O11Si4. The van der Waals surface area contributed by atoms with Gasteiger partial charge in [0.2, 0.25) is 0 Å². The Bertz CT molecular complexity index is 522. The summed E-state index contributed by atoms with van der Waals surface area (Å²) in [5, 5.41) is 6.90. The van der Waals surface area contributed by atoms with Crippen LogP contribution in [-0.4, -0.2) is 132 Å². The normalized spacial score (nSPS) is 13.4. The minimum absolute atomic E-state index is 0.643. The summed E-state index contributed by atoms with van der Waals surface area (Å²) in [5.41, 5.74) is 0. The Labute approximate surface area is 241 Å². The van der Waals surface area contributed by atoms with Crippen LogP contribution in [0, 0.1) is 0 Å². The molecule has 0 heterocycles. The van der Waals surface area contributed by atoms with Gasteiger partial charge in [0.05, 0.1) is 0 Å². The van der Waals surface area contributed by atoms with E-state index < -0.39 is 35.2 Å². The van der Waals surface area contributed by atoms with Gasteiger partial charge in [0.25, 0.3) is 0 Å². The molecule has 0 atom stereocenters. The third-order valence-electron chi connectivity index (χ3n) is 6.77. The highest BCUT2D eigenvalue weighted by molar-refractivity contribution is 6.75. The van der Waals surface area contributed by atoms with Gasteiger partial charge in [-0.3, -0.25) is 0 Å². The molecule has 0 aromatic carbocycles. The van der Waals surface area contributed by atoms with Gasteiger partial charge < -0.3 is 59.0 Å². The van der Waals surface area contributed by atoms with Gasteiger partial charge in [0, 0.05) is 95.3 Å². The standard InChI is InChI=1S/C22H56N2O11Si4/c1-25-36(26-2,27-3)19-11-15-23-17-13-21-38(31-7,32-8)35-39(33-9,34-10)22-14-18-24-16-12-20-37(28-4,29-5)30-6/h23-24H,11-22H2,1-10H3. The highest BCUT2D eigenvalue weighted by Gasteiger charge is 2.51. The average Bonchev–Trinajstić information content (AvgIpc) is 2.99. The van der Waals surface area contributed by atoms with Crippen LogP contribution >= 0.6 is 0 Å². The highest BCUT2D eigenvalue weighted by Crippen LogP contribution is 2.26. The molecule has 0 fully saturated rings. The summed E-state index contributed by atoms with van der Waals surface area (Å²) in [6.07, 6.45) is 3.43. The van der Waals surface area contributed by atoms with Gasteiger partial charge in [-0.25, -0.2) is 0 Å². The molecular weight excluding hydrogens is 581 g/mol. The fraction of sp³-hybridized carbons (Fsp3) is 1.00. The maximum atomic E-state index is 6.50. The second-order valence-corrected chi connectivity index (χ2v) is 21.2. The molecule has 236 valence electrons. The Morgan fingerprint density at radius 2 is 0.538 bits per heavy atom. The van der Waals surface area contributed by atoms with Crippen molar-refractivity contribution in [1.82, 2.24) is 10.6 Å². The monoisotopic (exact) mass is 636 g/mol. The third kappa shape index (κ3) is 13.9. The molecule has 0 unspecified atom stereocenters. The lowest BCUT2D eigenvalue weighted by Crippen LogP contribution is -2.57. The van der Waals surface area contributed by atoms with Crippen molar-refractivity contribution in [2.75, 3.05) is 97.3 Å². The zero-order valence-corrected chi connectivity index (χ0v) is 30.0. The summed E-state index contributed by atoms with van der Waals surface area (Å²) in [4.78, 5) is 0. The van der Waals surface area contributed by atoms with Crippen LogP contribution < -0.4 is 10.6 Å². The SMILES string of the molecule is CO[Si](CCCNCCC[Si](OC)(OC)O[Si](CCCNCCC[Si](OC)(OC)OC)(OC)OC)(OC)OC. The van der Waals surface area contributed by atoms with Gasteiger partial charge in [-0.1, -0.05) is 0 Å². The van der Waals surface area contributed by atoms with E-state index in [0.717, 1.165) is 64.0 Å². The fourth-order valence-corrected chi connectivity index (χ4v) is 14.0. The number of hydrogen-bond acceptors (Lipinski definition) is 13. The molecule has 0 amide bonds. The summed E-state index contributed by atoms with van der Waals surface area (Å²) < 4.78 is 62.7. The van der Waals surface area contributed by atoms with Crippen molar-refractivity contribution >= 4 is 35.2 Å². The van der Waals surface area contributed by atoms with Crippen LogP contribution in [0.5, 0.6) is 0 Å². The van der Waals surface area contributed by atoms with E-state index >= 15 is 0 Å². The molecule has 17 heteroatoms. The van der Waals surface area contributed by atoms with Gasteiger partial charge in [0.1, 0.15) is 0 Å². The van der Waals surface area contributed by atoms with Crippen LogP contribution in [-0.2, 0) is 48.4 Å². The van der Waals surface area contributed by atoms with Crippen molar-refractivity contribution in [3.63, 3.8) is 0 Å². The average molecular weight is 637 g/mol. The van der Waals surface area contributed by atoms with Crippen molar-refractivity contribution in [3.8, 4) is 0 Å². The fourth-order valence-electron chi connectivity index (χ4n) is 4.16. The first-order chi connectivity index (χ1) is 18.7. The molecule has 0 saturated carbocycles. The van der Waals surface area contributed by atoms with Crippen LogP contribution in [0.25, 0.3) is 0 Å². The summed E-state index contributed by atoms with van der Waals surface area (Å²) in [6.45, 7) is 3.25. The van der Waals surface area contributed by atoms with E-state index in [0.29, 0.717) is 12.1 Å². The van der Waals surface area contributed by atoms with Gasteiger partial charge in [-0.15, -0.1) is 0 Å². The van der Waals surface area contributed by atoms with Gasteiger partial charge in [-0.05, 0) is 51.9 Å². The Morgan fingerprint density at radius 1 is 0.333 bits per heavy atom. The lowest BCUT2D eigenvalue weighted by molar-refractivity contribution is 0.0859. The van der Waals surface area contributed by atoms with Crippen molar-refractivity contribution < 1.29 is 48.4 Å². The summed E-state index contributed by atoms with van der Waals surface area (Å²) in [5.74, 6) is 0. The van der Waals surface area contributed by atoms with Crippen LogP contribution in [0.15, 0.2) is 0 Å². The molecule has 0 rings (SSSR count). The predicted octanol–water partition coefficient (Wildman–Crippen LogP) is 1.96. The molecule has 39 heavy (non-hydrogen) atoms. The molecule has 2 N–H and O–H groups in total. The minimum Gasteiger partial charge on any atom is -0.377 e. The zero-order chi connectivity index (χ0) is 29.7. The topological polar surface area (TPSA) is 126 Å². The van der Waals surface area contributed by atoms with Crippen LogP contribution in [0.1, 0.15) is 25.7 Å². The first-order valence-corrected chi connectivity index (χ1v) is 21.1. The Balaban J connectivity index is 4.62. The first kappa shape index (κ1) is 39.3. The maximum Gasteiger partial charge on any atom is 0.500 e. The number of rotatable bonds is 28. The third-order valence-corrected chi connectivity index (χ3v) is 19.3. The van der Waals surface area contributed by atoms with E-state index in [9.17, 15) is 0 Å². The molecule has 0 radical (unpaired) electrons. The first-order valence-electron chi connectivity index (χ1n) is 13.4. The van der Waals surface area contributed by atoms with Crippen LogP contribution in [0.3, 0.4) is 0 Å². The largest absolute Gasteiger partial charge is 0.500 e. The maximum absolute atomic E-state index is 6.50. The van der Waals surface area contributed by atoms with Crippen molar-refractivity contribution in [1.29, 1.82) is 0 Å². The van der Waals surface area contributed by atoms with E-state index in [1.54, 1.807) is 71.1 Å². The predicted molar refractivity (Wildman–Crippen MR) is 158 cm³/mol. The number of nitrogens with one attached hydrogen (secondary N) is 2. The van der Waals surface area contributed by atoms with Gasteiger partial charge in [0.15, 0.2) is 0 Å². The summed E-state index contributed by atoms with van der Waals surface area (Å²) in [6, 6.07) is 2.79. The molecule has 0 aliphatic carbocycles. The lowest BCUT2D eigenvalue weighted by Gasteiger charge is -2.35. The Kier molecular flexibility index (Phi) is 22.2. The van der Waals surface area contributed by atoms with Crippen molar-refractivity contribution in [3.05, 3.63) is 0 Å². The second-order valence-electron chi connectivity index (χ2n) is 8.79. The minimum atomic E-state index is -2.99. The quantitative estimate of drug-likeness (QED) is 0.0961. The lowest BCUT2D eigenvalue weighted by atomic mass is 10.4. The van der Waals surface area contributed by atoms with E-state index in [1.165, 1.54) is 0 Å². The van der Waals surface area contributed by atoms with Gasteiger partial charge in [-0.2, -0.15) is 0 Å². The van der Waals surface area contributed by atoms with Crippen molar-refractivity contribution in [2.24, 2.45) is 0 Å². The summed E-state index contributed by atoms with van der Waals surface area (Å²) >= 11 is 0. The molecule has 0 aliphatic heterocycles. The molecule has 13 nitrogen and oxygen atoms in total. The Hall–Kier alpha value is 0.348. The number of hydrogen-bond donors (Lipinski definition) is 2. The molecule has 0 spiro atoms. The van der Waals surface area contributed by atoms with Crippen molar-refractivity contribution in [2.45, 2.75) is 49.9 Å². The highest BCUT2D eigenvalue weighted by atomic mass is 28.5. The molecule has 0 aromatic heterocycles. The van der Waals surface area contributed by atoms with E-state index in [2.05, 4.69) is 10.6 Å². The Morgan fingerprint density at radius 3 is 0.744 bits per heavy atom. The van der Waals surface area contributed by atoms with Crippen LogP contribution in [0.4, 0.5) is 0 Å².